The number of amides is 1. The number of nitrogens with zero attached hydrogens (tertiary/aromatic N) is 3. The van der Waals surface area contributed by atoms with E-state index in [1.165, 1.54) is 24.3 Å². The van der Waals surface area contributed by atoms with Gasteiger partial charge in [-0.25, -0.2) is 23.5 Å². The fourth-order valence-corrected chi connectivity index (χ4v) is 3.57. The Morgan fingerprint density at radius 3 is 2.26 bits per heavy atom. The zero-order valence-corrected chi connectivity index (χ0v) is 16.5. The van der Waals surface area contributed by atoms with Gasteiger partial charge in [-0.15, -0.1) is 0 Å². The van der Waals surface area contributed by atoms with Crippen LogP contribution in [-0.2, 0) is 19.4 Å². The highest BCUT2D eigenvalue weighted by Crippen LogP contribution is 2.19. The van der Waals surface area contributed by atoms with E-state index in [1.807, 2.05) is 10.6 Å². The Kier molecular flexibility index (Phi) is 5.88. The third kappa shape index (κ3) is 5.03. The lowest BCUT2D eigenvalue weighted by atomic mass is 10.0. The van der Waals surface area contributed by atoms with E-state index in [0.29, 0.717) is 36.4 Å². The van der Waals surface area contributed by atoms with Gasteiger partial charge in [0.05, 0.1) is 6.54 Å². The molecule has 4 aromatic rings. The lowest BCUT2D eigenvalue weighted by molar-refractivity contribution is 0.189. The van der Waals surface area contributed by atoms with Gasteiger partial charge < -0.3 is 15.0 Å². The maximum Gasteiger partial charge on any atom is 0.404 e. The van der Waals surface area contributed by atoms with E-state index in [2.05, 4.69) is 15.3 Å². The van der Waals surface area contributed by atoms with Crippen LogP contribution in [0.4, 0.5) is 13.6 Å². The van der Waals surface area contributed by atoms with Crippen molar-refractivity contribution in [3.8, 4) is 0 Å². The normalized spacial score (nSPS) is 12.1. The number of nitrogens with one attached hydrogen (secondary N) is 1. The van der Waals surface area contributed by atoms with Gasteiger partial charge >= 0.3 is 6.09 Å². The molecule has 0 bridgehead atoms. The minimum absolute atomic E-state index is 0.307. The average molecular weight is 422 g/mol. The van der Waals surface area contributed by atoms with Crippen molar-refractivity contribution in [3.63, 3.8) is 0 Å². The molecule has 2 aromatic carbocycles. The van der Waals surface area contributed by atoms with Crippen molar-refractivity contribution < 1.29 is 18.7 Å². The highest BCUT2D eigenvalue weighted by Gasteiger charge is 2.19. The fraction of sp³-hybridized carbons (Fsp3) is 0.174. The molecule has 6 nitrogen and oxygen atoms in total. The number of pyridine rings is 1. The maximum absolute atomic E-state index is 13.3. The molecule has 0 saturated carbocycles. The molecule has 4 rings (SSSR count). The largest absolute Gasteiger partial charge is 0.465 e. The van der Waals surface area contributed by atoms with Crippen LogP contribution in [0.1, 0.15) is 17.0 Å². The third-order valence-corrected chi connectivity index (χ3v) is 4.99. The average Bonchev–Trinajstić information content (AvgIpc) is 3.08. The van der Waals surface area contributed by atoms with Crippen LogP contribution >= 0.6 is 0 Å². The van der Waals surface area contributed by atoms with E-state index in [-0.39, 0.29) is 11.6 Å². The van der Waals surface area contributed by atoms with E-state index < -0.39 is 12.1 Å². The monoisotopic (exact) mass is 422 g/mol. The second-order valence-electron chi connectivity index (χ2n) is 7.27. The number of carboxylic acid groups (broad SMARTS) is 1. The SMILES string of the molecule is O=C(O)N[C@@H](Cc1ccc(F)cc1)Cc1nc2cccnc2n1Cc1ccc(F)cc1. The summed E-state index contributed by atoms with van der Waals surface area (Å²) < 4.78 is 28.4. The third-order valence-electron chi connectivity index (χ3n) is 4.99. The first kappa shape index (κ1) is 20.5. The summed E-state index contributed by atoms with van der Waals surface area (Å²) in [5.41, 5.74) is 3.03. The number of halogens is 2. The Balaban J connectivity index is 1.66. The first-order valence-corrected chi connectivity index (χ1v) is 9.76. The first-order chi connectivity index (χ1) is 15.0. The molecule has 0 unspecified atom stereocenters. The van der Waals surface area contributed by atoms with E-state index >= 15 is 0 Å². The zero-order chi connectivity index (χ0) is 21.8. The number of aromatic nitrogens is 3. The van der Waals surface area contributed by atoms with Crippen LogP contribution in [0.5, 0.6) is 0 Å². The molecule has 1 atom stereocenters. The van der Waals surface area contributed by atoms with Gasteiger partial charge in [-0.2, -0.15) is 0 Å². The maximum atomic E-state index is 13.3. The number of hydrogen-bond acceptors (Lipinski definition) is 3. The quantitative estimate of drug-likeness (QED) is 0.468. The van der Waals surface area contributed by atoms with Crippen LogP contribution in [0.2, 0.25) is 0 Å². The summed E-state index contributed by atoms with van der Waals surface area (Å²) in [4.78, 5) is 20.5. The van der Waals surface area contributed by atoms with Crippen LogP contribution in [0.15, 0.2) is 66.9 Å². The zero-order valence-electron chi connectivity index (χ0n) is 16.5. The van der Waals surface area contributed by atoms with Crippen LogP contribution in [0.25, 0.3) is 11.2 Å². The number of rotatable bonds is 7. The lowest BCUT2D eigenvalue weighted by Crippen LogP contribution is -2.37. The number of imidazole rings is 1. The summed E-state index contributed by atoms with van der Waals surface area (Å²) in [6.45, 7) is 0.416. The highest BCUT2D eigenvalue weighted by atomic mass is 19.1. The van der Waals surface area contributed by atoms with Crippen molar-refractivity contribution in [1.82, 2.24) is 19.9 Å². The Labute approximate surface area is 177 Å². The fourth-order valence-electron chi connectivity index (χ4n) is 3.57. The summed E-state index contributed by atoms with van der Waals surface area (Å²) in [6, 6.07) is 15.3. The predicted octanol–water partition coefficient (Wildman–Crippen LogP) is 4.18. The molecule has 0 aliphatic heterocycles. The first-order valence-electron chi connectivity index (χ1n) is 9.76. The molecule has 1 amide bonds. The van der Waals surface area contributed by atoms with Gasteiger partial charge in [-0.3, -0.25) is 0 Å². The van der Waals surface area contributed by atoms with E-state index in [0.717, 1.165) is 11.1 Å². The Morgan fingerprint density at radius 1 is 0.968 bits per heavy atom. The second-order valence-corrected chi connectivity index (χ2v) is 7.27. The minimum Gasteiger partial charge on any atom is -0.465 e. The van der Waals surface area contributed by atoms with Crippen molar-refractivity contribution in [2.45, 2.75) is 25.4 Å². The van der Waals surface area contributed by atoms with Gasteiger partial charge in [-0.1, -0.05) is 24.3 Å². The molecular weight excluding hydrogens is 402 g/mol. The van der Waals surface area contributed by atoms with Crippen molar-refractivity contribution in [1.29, 1.82) is 0 Å². The molecule has 31 heavy (non-hydrogen) atoms. The van der Waals surface area contributed by atoms with Gasteiger partial charge in [0.25, 0.3) is 0 Å². The smallest absolute Gasteiger partial charge is 0.404 e. The van der Waals surface area contributed by atoms with E-state index in [1.54, 1.807) is 36.5 Å². The molecule has 2 heterocycles. The summed E-state index contributed by atoms with van der Waals surface area (Å²) in [5, 5.41) is 11.8. The topological polar surface area (TPSA) is 80.0 Å². The molecule has 0 fully saturated rings. The van der Waals surface area contributed by atoms with E-state index in [9.17, 15) is 18.7 Å². The summed E-state index contributed by atoms with van der Waals surface area (Å²) in [6.07, 6.45) is 1.20. The molecule has 0 saturated heterocycles. The lowest BCUT2D eigenvalue weighted by Gasteiger charge is -2.18. The highest BCUT2D eigenvalue weighted by molar-refractivity contribution is 5.71. The second kappa shape index (κ2) is 8.91. The molecule has 0 spiro atoms. The number of benzene rings is 2. The van der Waals surface area contributed by atoms with Crippen LogP contribution < -0.4 is 5.32 Å². The number of carbonyl (C=O) groups is 1. The molecule has 158 valence electrons. The van der Waals surface area contributed by atoms with Gasteiger partial charge in [0.15, 0.2) is 5.65 Å². The predicted molar refractivity (Wildman–Crippen MR) is 112 cm³/mol. The molecule has 2 N–H and O–H groups in total. The standard InChI is InChI=1S/C23H20F2N4O2/c24-17-7-3-15(4-8-17)12-19(27-23(30)31)13-21-28-20-2-1-11-26-22(20)29(21)14-16-5-9-18(25)10-6-16/h1-11,19,27H,12-14H2,(H,30,31)/t19-/m0/s1. The van der Waals surface area contributed by atoms with Crippen LogP contribution in [0.3, 0.4) is 0 Å². The van der Waals surface area contributed by atoms with Gasteiger partial charge in [-0.05, 0) is 53.9 Å². The van der Waals surface area contributed by atoms with Gasteiger partial charge in [0.1, 0.15) is 23.0 Å². The van der Waals surface area contributed by atoms with Gasteiger partial charge in [0.2, 0.25) is 0 Å². The van der Waals surface area contributed by atoms with Crippen molar-refractivity contribution in [3.05, 3.63) is 95.4 Å². The van der Waals surface area contributed by atoms with Crippen molar-refractivity contribution in [2.24, 2.45) is 0 Å². The molecule has 8 heteroatoms. The van der Waals surface area contributed by atoms with Crippen LogP contribution in [-0.4, -0.2) is 31.8 Å². The van der Waals surface area contributed by atoms with Gasteiger partial charge in [0, 0.05) is 18.7 Å². The number of fused-ring (bicyclic) bond motifs is 1. The summed E-state index contributed by atoms with van der Waals surface area (Å²) in [7, 11) is 0. The molecular formula is C23H20F2N4O2. The molecule has 0 aliphatic carbocycles. The minimum atomic E-state index is -1.15. The molecule has 0 radical (unpaired) electrons. The molecule has 0 aliphatic rings. The Hall–Kier alpha value is -3.81. The summed E-state index contributed by atoms with van der Waals surface area (Å²) >= 11 is 0. The summed E-state index contributed by atoms with van der Waals surface area (Å²) in [5.74, 6) is -0.0137. The Bertz CT molecular complexity index is 1190. The van der Waals surface area contributed by atoms with Crippen molar-refractivity contribution in [2.75, 3.05) is 0 Å². The van der Waals surface area contributed by atoms with Crippen LogP contribution in [0, 0.1) is 11.6 Å². The Morgan fingerprint density at radius 2 is 1.61 bits per heavy atom. The number of hydrogen-bond donors (Lipinski definition) is 2. The van der Waals surface area contributed by atoms with Crippen molar-refractivity contribution >= 4 is 17.3 Å². The molecule has 2 aromatic heterocycles. The van der Waals surface area contributed by atoms with E-state index in [4.69, 9.17) is 0 Å².